The van der Waals surface area contributed by atoms with Crippen LogP contribution in [0.1, 0.15) is 23.0 Å². The molecular weight excluding hydrogens is 380 g/mol. The molecule has 7 nitrogen and oxygen atoms in total. The summed E-state index contributed by atoms with van der Waals surface area (Å²) in [6.07, 6.45) is 1.60. The third-order valence-corrected chi connectivity index (χ3v) is 4.32. The number of benzene rings is 1. The van der Waals surface area contributed by atoms with Crippen LogP contribution in [0.5, 0.6) is 0 Å². The second kappa shape index (κ2) is 7.82. The van der Waals surface area contributed by atoms with Gasteiger partial charge in [-0.2, -0.15) is 0 Å². The highest BCUT2D eigenvalue weighted by Crippen LogP contribution is 2.35. The van der Waals surface area contributed by atoms with Crippen LogP contribution in [0, 0.1) is 6.92 Å². The molecule has 0 saturated carbocycles. The molecule has 0 aliphatic carbocycles. The SMILES string of the molecule is CC(=O)Nc1cc(-c2nc(C(=O)N(C)C)c(-c3ccccc3Cl)o2)c(C)cn1. The zero-order chi connectivity index (χ0) is 20.4. The Morgan fingerprint density at radius 1 is 1.18 bits per heavy atom. The molecule has 1 aromatic carbocycles. The summed E-state index contributed by atoms with van der Waals surface area (Å²) in [6.45, 7) is 3.24. The molecule has 2 amide bonds. The Balaban J connectivity index is 2.19. The molecule has 144 valence electrons. The summed E-state index contributed by atoms with van der Waals surface area (Å²) in [7, 11) is 3.28. The van der Waals surface area contributed by atoms with Crippen molar-refractivity contribution in [2.24, 2.45) is 0 Å². The molecular formula is C20H19ClN4O3. The monoisotopic (exact) mass is 398 g/mol. The van der Waals surface area contributed by atoms with Crippen LogP contribution in [0.4, 0.5) is 5.82 Å². The predicted octanol–water partition coefficient (Wildman–Crippen LogP) is 4.03. The zero-order valence-corrected chi connectivity index (χ0v) is 16.7. The van der Waals surface area contributed by atoms with Gasteiger partial charge >= 0.3 is 0 Å². The first-order valence-corrected chi connectivity index (χ1v) is 8.87. The van der Waals surface area contributed by atoms with Gasteiger partial charge in [0.25, 0.3) is 5.91 Å². The molecule has 28 heavy (non-hydrogen) atoms. The molecule has 8 heteroatoms. The molecule has 1 N–H and O–H groups in total. The molecule has 0 atom stereocenters. The number of nitrogens with one attached hydrogen (secondary N) is 1. The van der Waals surface area contributed by atoms with Crippen molar-refractivity contribution >= 4 is 29.2 Å². The Bertz CT molecular complexity index is 1060. The lowest BCUT2D eigenvalue weighted by Crippen LogP contribution is -2.22. The Labute approximate surface area is 167 Å². The van der Waals surface area contributed by atoms with Crippen LogP contribution in [0.3, 0.4) is 0 Å². The van der Waals surface area contributed by atoms with E-state index in [1.165, 1.54) is 11.8 Å². The molecule has 0 spiro atoms. The van der Waals surface area contributed by atoms with Gasteiger partial charge in [-0.05, 0) is 30.7 Å². The maximum Gasteiger partial charge on any atom is 0.275 e. The normalized spacial score (nSPS) is 10.6. The van der Waals surface area contributed by atoms with E-state index in [0.717, 1.165) is 5.56 Å². The molecule has 0 bridgehead atoms. The molecule has 3 rings (SSSR count). The van der Waals surface area contributed by atoms with Gasteiger partial charge in [0.05, 0.1) is 5.02 Å². The number of nitrogens with zero attached hydrogens (tertiary/aromatic N) is 3. The summed E-state index contributed by atoms with van der Waals surface area (Å²) in [4.78, 5) is 34.1. The third-order valence-electron chi connectivity index (χ3n) is 3.99. The van der Waals surface area contributed by atoms with Crippen LogP contribution in [0.25, 0.3) is 22.8 Å². The van der Waals surface area contributed by atoms with E-state index in [2.05, 4.69) is 15.3 Å². The molecule has 0 aliphatic heterocycles. The van der Waals surface area contributed by atoms with Crippen molar-refractivity contribution in [3.63, 3.8) is 0 Å². The van der Waals surface area contributed by atoms with Crippen molar-refractivity contribution < 1.29 is 14.0 Å². The van der Waals surface area contributed by atoms with Gasteiger partial charge in [0.15, 0.2) is 11.5 Å². The van der Waals surface area contributed by atoms with E-state index < -0.39 is 0 Å². The van der Waals surface area contributed by atoms with Crippen LogP contribution in [-0.4, -0.2) is 40.8 Å². The number of carbonyl (C=O) groups excluding carboxylic acids is 2. The molecule has 0 unspecified atom stereocenters. The van der Waals surface area contributed by atoms with E-state index in [1.807, 2.05) is 6.92 Å². The van der Waals surface area contributed by atoms with E-state index in [9.17, 15) is 9.59 Å². The van der Waals surface area contributed by atoms with Gasteiger partial charge in [0.1, 0.15) is 5.82 Å². The van der Waals surface area contributed by atoms with Gasteiger partial charge in [-0.25, -0.2) is 9.97 Å². The average molecular weight is 399 g/mol. The summed E-state index contributed by atoms with van der Waals surface area (Å²) in [5.74, 6) is 0.350. The van der Waals surface area contributed by atoms with Gasteiger partial charge in [-0.15, -0.1) is 0 Å². The zero-order valence-electron chi connectivity index (χ0n) is 15.9. The van der Waals surface area contributed by atoms with Gasteiger partial charge in [-0.1, -0.05) is 23.7 Å². The summed E-state index contributed by atoms with van der Waals surface area (Å²) < 4.78 is 6.00. The van der Waals surface area contributed by atoms with Crippen LogP contribution in [0.2, 0.25) is 5.02 Å². The quantitative estimate of drug-likeness (QED) is 0.716. The van der Waals surface area contributed by atoms with Crippen LogP contribution < -0.4 is 5.32 Å². The average Bonchev–Trinajstić information content (AvgIpc) is 3.07. The number of hydrogen-bond donors (Lipinski definition) is 1. The second-order valence-corrected chi connectivity index (χ2v) is 6.85. The van der Waals surface area contributed by atoms with E-state index in [4.69, 9.17) is 16.0 Å². The van der Waals surface area contributed by atoms with Gasteiger partial charge in [0, 0.05) is 38.3 Å². The van der Waals surface area contributed by atoms with Crippen molar-refractivity contribution in [3.8, 4) is 22.8 Å². The van der Waals surface area contributed by atoms with E-state index >= 15 is 0 Å². The minimum absolute atomic E-state index is 0.158. The number of carbonyl (C=O) groups is 2. The fourth-order valence-corrected chi connectivity index (χ4v) is 2.84. The maximum absolute atomic E-state index is 12.7. The Morgan fingerprint density at radius 2 is 1.89 bits per heavy atom. The molecule has 0 aliphatic rings. The fraction of sp³-hybridized carbons (Fsp3) is 0.200. The number of pyridine rings is 1. The van der Waals surface area contributed by atoms with Gasteiger partial charge < -0.3 is 14.6 Å². The lowest BCUT2D eigenvalue weighted by atomic mass is 10.1. The number of halogens is 1. The lowest BCUT2D eigenvalue weighted by molar-refractivity contribution is -0.114. The Hall–Kier alpha value is -3.19. The summed E-state index contributed by atoms with van der Waals surface area (Å²) in [5, 5.41) is 3.08. The van der Waals surface area contributed by atoms with Crippen molar-refractivity contribution in [2.45, 2.75) is 13.8 Å². The minimum atomic E-state index is -0.307. The largest absolute Gasteiger partial charge is 0.435 e. The lowest BCUT2D eigenvalue weighted by Gasteiger charge is -2.09. The van der Waals surface area contributed by atoms with E-state index in [-0.39, 0.29) is 29.2 Å². The van der Waals surface area contributed by atoms with Crippen molar-refractivity contribution in [2.75, 3.05) is 19.4 Å². The number of aryl methyl sites for hydroxylation is 1. The number of rotatable bonds is 4. The number of anilines is 1. The third kappa shape index (κ3) is 3.89. The van der Waals surface area contributed by atoms with Crippen molar-refractivity contribution in [3.05, 3.63) is 52.8 Å². The van der Waals surface area contributed by atoms with E-state index in [1.54, 1.807) is 50.6 Å². The minimum Gasteiger partial charge on any atom is -0.435 e. The van der Waals surface area contributed by atoms with Crippen molar-refractivity contribution in [1.82, 2.24) is 14.9 Å². The Kier molecular flexibility index (Phi) is 5.46. The highest BCUT2D eigenvalue weighted by atomic mass is 35.5. The van der Waals surface area contributed by atoms with Crippen molar-refractivity contribution in [1.29, 1.82) is 0 Å². The molecule has 2 aromatic heterocycles. The van der Waals surface area contributed by atoms with Crippen LogP contribution in [-0.2, 0) is 4.79 Å². The van der Waals surface area contributed by atoms with E-state index in [0.29, 0.717) is 22.0 Å². The first kappa shape index (κ1) is 19.6. The summed E-state index contributed by atoms with van der Waals surface area (Å²) >= 11 is 6.31. The highest BCUT2D eigenvalue weighted by Gasteiger charge is 2.25. The highest BCUT2D eigenvalue weighted by molar-refractivity contribution is 6.33. The number of oxazole rings is 1. The summed E-state index contributed by atoms with van der Waals surface area (Å²) in [5.41, 5.74) is 2.13. The smallest absolute Gasteiger partial charge is 0.275 e. The van der Waals surface area contributed by atoms with Gasteiger partial charge in [-0.3, -0.25) is 9.59 Å². The summed E-state index contributed by atoms with van der Waals surface area (Å²) in [6, 6.07) is 8.74. The van der Waals surface area contributed by atoms with Crippen LogP contribution in [0.15, 0.2) is 40.9 Å². The fourth-order valence-electron chi connectivity index (χ4n) is 2.62. The number of aromatic nitrogens is 2. The van der Waals surface area contributed by atoms with Gasteiger partial charge in [0.2, 0.25) is 11.8 Å². The molecule has 3 aromatic rings. The molecule has 0 fully saturated rings. The molecule has 2 heterocycles. The Morgan fingerprint density at radius 3 is 2.54 bits per heavy atom. The number of amides is 2. The predicted molar refractivity (Wildman–Crippen MR) is 107 cm³/mol. The first-order chi connectivity index (χ1) is 13.3. The molecule has 0 radical (unpaired) electrons. The number of hydrogen-bond acceptors (Lipinski definition) is 5. The first-order valence-electron chi connectivity index (χ1n) is 8.50. The standard InChI is InChI=1S/C20H19ClN4O3/c1-11-10-22-16(23-12(2)26)9-14(11)19-24-17(20(27)25(3)4)18(28-19)13-7-5-6-8-15(13)21/h5-10H,1-4H3,(H,22,23,26). The maximum atomic E-state index is 12.7. The molecule has 0 saturated heterocycles. The second-order valence-electron chi connectivity index (χ2n) is 6.44. The van der Waals surface area contributed by atoms with Crippen LogP contribution >= 0.6 is 11.6 Å². The topological polar surface area (TPSA) is 88.3 Å².